The Balaban J connectivity index is 1.49. The number of morpholine rings is 1. The van der Waals surface area contributed by atoms with Crippen molar-refractivity contribution in [2.45, 2.75) is 0 Å². The van der Waals surface area contributed by atoms with Crippen molar-refractivity contribution in [1.29, 1.82) is 0 Å². The summed E-state index contributed by atoms with van der Waals surface area (Å²) in [5.41, 5.74) is 6.38. The van der Waals surface area contributed by atoms with Crippen molar-refractivity contribution in [1.82, 2.24) is 9.88 Å². The summed E-state index contributed by atoms with van der Waals surface area (Å²) >= 11 is 3.22. The van der Waals surface area contributed by atoms with Gasteiger partial charge in [0.05, 0.1) is 35.6 Å². The molecule has 172 valence electrons. The van der Waals surface area contributed by atoms with Gasteiger partial charge in [-0.05, 0) is 22.0 Å². The number of primary amides is 1. The van der Waals surface area contributed by atoms with Crippen molar-refractivity contribution in [3.8, 4) is 0 Å². The summed E-state index contributed by atoms with van der Waals surface area (Å²) in [6, 6.07) is 3.26. The number of ether oxygens (including phenoxy) is 1. The van der Waals surface area contributed by atoms with Crippen LogP contribution < -0.4 is 20.9 Å². The lowest BCUT2D eigenvalue weighted by molar-refractivity contribution is -0.119. The first-order valence-corrected chi connectivity index (χ1v) is 11.0. The lowest BCUT2D eigenvalue weighted by atomic mass is 10.2. The van der Waals surface area contributed by atoms with Crippen molar-refractivity contribution >= 4 is 45.1 Å². The molecule has 0 saturated carbocycles. The van der Waals surface area contributed by atoms with E-state index >= 15 is 0 Å². The zero-order valence-electron chi connectivity index (χ0n) is 17.4. The number of rotatable bonds is 6. The first-order valence-electron chi connectivity index (χ1n) is 10.2. The number of halogens is 2. The molecule has 2 aromatic rings. The molecule has 4 rings (SSSR count). The number of aromatic nitrogens is 1. The van der Waals surface area contributed by atoms with Gasteiger partial charge in [0.15, 0.2) is 5.69 Å². The molecule has 2 fully saturated rings. The Bertz CT molecular complexity index is 988. The zero-order chi connectivity index (χ0) is 22.7. The normalized spacial score (nSPS) is 17.4. The standard InChI is InChI=1S/C20H24BrFN6O4/c21-13-9-17(27-3-1-26(2-4-27)11-18(23)29)15(10-14(13)22)24-19(30)16-12-32-20(25-16)28-5-7-31-8-6-28/h9-10,12H,1-8,11H2,(H2,23,29)(H,24,30). The Kier molecular flexibility index (Phi) is 6.92. The number of carbonyl (C=O) groups is 2. The highest BCUT2D eigenvalue weighted by Crippen LogP contribution is 2.33. The highest BCUT2D eigenvalue weighted by molar-refractivity contribution is 9.10. The molecular weight excluding hydrogens is 487 g/mol. The van der Waals surface area contributed by atoms with E-state index in [9.17, 15) is 14.0 Å². The quantitative estimate of drug-likeness (QED) is 0.596. The number of hydrogen-bond donors (Lipinski definition) is 2. The average Bonchev–Trinajstić information content (AvgIpc) is 3.28. The second-order valence-corrected chi connectivity index (χ2v) is 8.44. The summed E-state index contributed by atoms with van der Waals surface area (Å²) in [6.07, 6.45) is 1.29. The van der Waals surface area contributed by atoms with Crippen LogP contribution in [0, 0.1) is 5.82 Å². The van der Waals surface area contributed by atoms with Gasteiger partial charge in [-0.15, -0.1) is 0 Å². The lowest BCUT2D eigenvalue weighted by Crippen LogP contribution is -2.49. The first-order chi connectivity index (χ1) is 15.4. The van der Waals surface area contributed by atoms with Gasteiger partial charge in [-0.25, -0.2) is 4.39 Å². The van der Waals surface area contributed by atoms with Crippen molar-refractivity contribution in [3.63, 3.8) is 0 Å². The van der Waals surface area contributed by atoms with Gasteiger partial charge in [-0.2, -0.15) is 4.98 Å². The Morgan fingerprint density at radius 3 is 2.53 bits per heavy atom. The van der Waals surface area contributed by atoms with Crippen LogP contribution in [-0.2, 0) is 9.53 Å². The lowest BCUT2D eigenvalue weighted by Gasteiger charge is -2.36. The predicted octanol–water partition coefficient (Wildman–Crippen LogP) is 1.27. The van der Waals surface area contributed by atoms with Crippen LogP contribution in [-0.4, -0.2) is 80.7 Å². The van der Waals surface area contributed by atoms with Crippen molar-refractivity contribution < 1.29 is 23.1 Å². The summed E-state index contributed by atoms with van der Waals surface area (Å²) in [7, 11) is 0. The van der Waals surface area contributed by atoms with Gasteiger partial charge >= 0.3 is 0 Å². The molecule has 0 unspecified atom stereocenters. The monoisotopic (exact) mass is 510 g/mol. The van der Waals surface area contributed by atoms with Crippen LogP contribution in [0.2, 0.25) is 0 Å². The number of piperazine rings is 1. The maximum absolute atomic E-state index is 14.3. The van der Waals surface area contributed by atoms with Crippen LogP contribution in [0.25, 0.3) is 0 Å². The third kappa shape index (κ3) is 5.19. The van der Waals surface area contributed by atoms with E-state index in [4.69, 9.17) is 14.9 Å². The molecule has 10 nitrogen and oxygen atoms in total. The van der Waals surface area contributed by atoms with Gasteiger partial charge in [0, 0.05) is 45.3 Å². The molecule has 3 N–H and O–H groups in total. The van der Waals surface area contributed by atoms with Gasteiger partial charge in [-0.1, -0.05) is 0 Å². The fraction of sp³-hybridized carbons (Fsp3) is 0.450. The molecule has 0 aliphatic carbocycles. The highest BCUT2D eigenvalue weighted by atomic mass is 79.9. The van der Waals surface area contributed by atoms with E-state index in [0.717, 1.165) is 0 Å². The van der Waals surface area contributed by atoms with Crippen molar-refractivity contribution in [2.24, 2.45) is 5.73 Å². The summed E-state index contributed by atoms with van der Waals surface area (Å²) in [6.45, 7) is 5.03. The van der Waals surface area contributed by atoms with Gasteiger partial charge in [0.1, 0.15) is 12.1 Å². The molecule has 2 amide bonds. The minimum absolute atomic E-state index is 0.104. The van der Waals surface area contributed by atoms with Crippen LogP contribution >= 0.6 is 15.9 Å². The van der Waals surface area contributed by atoms with E-state index in [0.29, 0.717) is 74.3 Å². The number of nitrogens with zero attached hydrogens (tertiary/aromatic N) is 4. The number of oxazole rings is 1. The van der Waals surface area contributed by atoms with Crippen molar-refractivity contribution in [3.05, 3.63) is 34.4 Å². The van der Waals surface area contributed by atoms with Crippen LogP contribution in [0.15, 0.2) is 27.3 Å². The van der Waals surface area contributed by atoms with E-state index < -0.39 is 11.7 Å². The molecular formula is C20H24BrFN6O4. The Labute approximate surface area is 192 Å². The highest BCUT2D eigenvalue weighted by Gasteiger charge is 2.24. The zero-order valence-corrected chi connectivity index (χ0v) is 18.9. The van der Waals surface area contributed by atoms with Crippen molar-refractivity contribution in [2.75, 3.05) is 74.1 Å². The smallest absolute Gasteiger partial charge is 0.298 e. The Hall–Kier alpha value is -2.70. The number of nitrogens with two attached hydrogens (primary N) is 1. The van der Waals surface area contributed by atoms with E-state index in [1.807, 2.05) is 14.7 Å². The van der Waals surface area contributed by atoms with Crippen LogP contribution in [0.5, 0.6) is 0 Å². The summed E-state index contributed by atoms with van der Waals surface area (Å²) in [5.74, 6) is -1.37. The fourth-order valence-corrected chi connectivity index (χ4v) is 4.05. The number of anilines is 3. The molecule has 0 bridgehead atoms. The van der Waals surface area contributed by atoms with Crippen LogP contribution in [0.4, 0.5) is 21.8 Å². The molecule has 32 heavy (non-hydrogen) atoms. The molecule has 1 aromatic carbocycles. The molecule has 1 aromatic heterocycles. The average molecular weight is 511 g/mol. The Morgan fingerprint density at radius 1 is 1.12 bits per heavy atom. The van der Waals surface area contributed by atoms with Gasteiger partial charge < -0.3 is 30.0 Å². The summed E-state index contributed by atoms with van der Waals surface area (Å²) in [5, 5.41) is 2.76. The predicted molar refractivity (Wildman–Crippen MR) is 119 cm³/mol. The van der Waals surface area contributed by atoms with Crippen LogP contribution in [0.1, 0.15) is 10.5 Å². The molecule has 3 heterocycles. The number of benzene rings is 1. The Morgan fingerprint density at radius 2 is 1.84 bits per heavy atom. The van der Waals surface area contributed by atoms with Crippen LogP contribution in [0.3, 0.4) is 0 Å². The molecule has 2 aliphatic rings. The molecule has 0 spiro atoms. The first kappa shape index (κ1) is 22.5. The minimum atomic E-state index is -0.497. The maximum atomic E-state index is 14.3. The topological polar surface area (TPSA) is 117 Å². The number of carbonyl (C=O) groups excluding carboxylic acids is 2. The van der Waals surface area contributed by atoms with E-state index in [1.54, 1.807) is 6.07 Å². The summed E-state index contributed by atoms with van der Waals surface area (Å²) < 4.78 is 25.4. The van der Waals surface area contributed by atoms with Gasteiger partial charge in [-0.3, -0.25) is 14.5 Å². The van der Waals surface area contributed by atoms with Gasteiger partial charge in [0.2, 0.25) is 5.91 Å². The second-order valence-electron chi connectivity index (χ2n) is 7.58. The molecule has 2 aliphatic heterocycles. The van der Waals surface area contributed by atoms with E-state index in [1.165, 1.54) is 12.3 Å². The minimum Gasteiger partial charge on any atom is -0.431 e. The number of hydrogen-bond acceptors (Lipinski definition) is 8. The van der Waals surface area contributed by atoms with E-state index in [2.05, 4.69) is 26.2 Å². The number of nitrogens with one attached hydrogen (secondary N) is 1. The molecule has 2 saturated heterocycles. The third-order valence-electron chi connectivity index (χ3n) is 5.39. The second kappa shape index (κ2) is 9.84. The SMILES string of the molecule is NC(=O)CN1CCN(c2cc(Br)c(F)cc2NC(=O)c2coc(N3CCOCC3)n2)CC1. The molecule has 0 radical (unpaired) electrons. The van der Waals surface area contributed by atoms with E-state index in [-0.39, 0.29) is 18.1 Å². The number of amides is 2. The largest absolute Gasteiger partial charge is 0.431 e. The maximum Gasteiger partial charge on any atom is 0.298 e. The fourth-order valence-electron chi connectivity index (χ4n) is 3.72. The third-order valence-corrected chi connectivity index (χ3v) is 5.99. The molecule has 12 heteroatoms. The van der Waals surface area contributed by atoms with Gasteiger partial charge in [0.25, 0.3) is 11.9 Å². The molecule has 0 atom stereocenters. The summed E-state index contributed by atoms with van der Waals surface area (Å²) in [4.78, 5) is 34.1.